The number of carbonyl (C=O) groups excluding carboxylic acids is 2. The topological polar surface area (TPSA) is 61.8 Å². The minimum absolute atomic E-state index is 0.0345. The van der Waals surface area contributed by atoms with Crippen LogP contribution in [0.15, 0.2) is 146 Å². The highest BCUT2D eigenvalue weighted by Crippen LogP contribution is 2.12. The molecule has 68 heavy (non-hydrogen) atoms. The normalized spacial score (nSPS) is 13.4. The zero-order valence-electron chi connectivity index (χ0n) is 43.8. The summed E-state index contributed by atoms with van der Waals surface area (Å²) < 4.78 is 17.4. The Hall–Kier alpha value is -4.22. The fourth-order valence-corrected chi connectivity index (χ4v) is 6.83. The van der Waals surface area contributed by atoms with Gasteiger partial charge in [-0.3, -0.25) is 9.59 Å². The molecule has 0 fully saturated rings. The Labute approximate surface area is 419 Å². The molecule has 0 aromatic carbocycles. The summed E-state index contributed by atoms with van der Waals surface area (Å²) >= 11 is 0. The van der Waals surface area contributed by atoms with Gasteiger partial charge in [0, 0.05) is 19.4 Å². The predicted molar refractivity (Wildman–Crippen MR) is 297 cm³/mol. The predicted octanol–water partition coefficient (Wildman–Crippen LogP) is 18.9. The maximum Gasteiger partial charge on any atom is 0.306 e. The molecule has 0 aromatic rings. The standard InChI is InChI=1S/C63H100O5/c1-4-7-10-13-16-19-22-25-28-30-32-33-36-38-41-44-47-50-53-56-62(64)67-60-61(68-63(65)57-54-51-48-45-42-39-35-27-24-21-18-15-12-9-6-3)59-66-58-55-52-49-46-43-40-37-34-31-29-26-23-20-17-14-11-8-5-2/h7-8,10-11,16-21,25-29,32-35,37-38,41,43,46,61H,4-6,9,12-15,22-24,30-31,36,39-40,42,44-45,47-60H2,1-3H3/b10-7-,11-8-,19-16-,20-17-,21-18-,28-25-,29-26-,33-32-,35-27-,37-34-,41-38-,46-43-. The molecule has 0 saturated heterocycles. The molecule has 0 bridgehead atoms. The minimum Gasteiger partial charge on any atom is -0.462 e. The van der Waals surface area contributed by atoms with Gasteiger partial charge in [0.15, 0.2) is 6.10 Å². The Morgan fingerprint density at radius 3 is 1.07 bits per heavy atom. The second kappa shape index (κ2) is 57.1. The summed E-state index contributed by atoms with van der Waals surface area (Å²) in [6, 6.07) is 0. The van der Waals surface area contributed by atoms with Crippen molar-refractivity contribution in [1.82, 2.24) is 0 Å². The number of hydrogen-bond acceptors (Lipinski definition) is 5. The summed E-state index contributed by atoms with van der Waals surface area (Å²) in [6.07, 6.45) is 82.9. The number of rotatable bonds is 48. The van der Waals surface area contributed by atoms with Crippen molar-refractivity contribution in [2.24, 2.45) is 0 Å². The van der Waals surface area contributed by atoms with Gasteiger partial charge in [-0.1, -0.05) is 205 Å². The Morgan fingerprint density at radius 2 is 0.662 bits per heavy atom. The van der Waals surface area contributed by atoms with Gasteiger partial charge in [-0.15, -0.1) is 0 Å². The van der Waals surface area contributed by atoms with Gasteiger partial charge in [-0.05, 0) is 141 Å². The average molecular weight is 937 g/mol. The van der Waals surface area contributed by atoms with Crippen LogP contribution in [0, 0.1) is 0 Å². The summed E-state index contributed by atoms with van der Waals surface area (Å²) in [6.45, 7) is 7.40. The summed E-state index contributed by atoms with van der Waals surface area (Å²) in [7, 11) is 0. The van der Waals surface area contributed by atoms with E-state index < -0.39 is 6.10 Å². The zero-order chi connectivity index (χ0) is 49.2. The smallest absolute Gasteiger partial charge is 0.306 e. The monoisotopic (exact) mass is 937 g/mol. The minimum atomic E-state index is -0.592. The van der Waals surface area contributed by atoms with Crippen molar-refractivity contribution in [3.63, 3.8) is 0 Å². The first-order chi connectivity index (χ1) is 33.6. The van der Waals surface area contributed by atoms with Crippen LogP contribution in [0.25, 0.3) is 0 Å². The van der Waals surface area contributed by atoms with Crippen molar-refractivity contribution in [2.75, 3.05) is 19.8 Å². The van der Waals surface area contributed by atoms with E-state index in [9.17, 15) is 9.59 Å². The van der Waals surface area contributed by atoms with E-state index in [1.165, 1.54) is 38.5 Å². The molecule has 0 amide bonds. The maximum atomic E-state index is 12.8. The van der Waals surface area contributed by atoms with Gasteiger partial charge in [-0.2, -0.15) is 0 Å². The molecule has 0 N–H and O–H groups in total. The van der Waals surface area contributed by atoms with Crippen molar-refractivity contribution in [1.29, 1.82) is 0 Å². The summed E-state index contributed by atoms with van der Waals surface area (Å²) in [4.78, 5) is 25.5. The van der Waals surface area contributed by atoms with Crippen LogP contribution >= 0.6 is 0 Å². The van der Waals surface area contributed by atoms with Crippen molar-refractivity contribution < 1.29 is 23.8 Å². The third-order valence-electron chi connectivity index (χ3n) is 10.8. The van der Waals surface area contributed by atoms with Crippen LogP contribution in [0.1, 0.15) is 213 Å². The molecule has 0 aliphatic rings. The Kier molecular flexibility index (Phi) is 53.6. The highest BCUT2D eigenvalue weighted by molar-refractivity contribution is 5.70. The molecule has 5 nitrogen and oxygen atoms in total. The van der Waals surface area contributed by atoms with E-state index in [2.05, 4.69) is 167 Å². The molecule has 382 valence electrons. The second-order valence-corrected chi connectivity index (χ2v) is 17.4. The molecule has 0 saturated carbocycles. The molecule has 1 unspecified atom stereocenters. The van der Waals surface area contributed by atoms with Crippen molar-refractivity contribution in [3.8, 4) is 0 Å². The number of carbonyl (C=O) groups is 2. The van der Waals surface area contributed by atoms with E-state index in [1.807, 2.05) is 0 Å². The van der Waals surface area contributed by atoms with E-state index >= 15 is 0 Å². The quantitative estimate of drug-likeness (QED) is 0.0346. The first kappa shape index (κ1) is 63.8. The van der Waals surface area contributed by atoms with E-state index in [0.717, 1.165) is 141 Å². The van der Waals surface area contributed by atoms with E-state index in [1.54, 1.807) is 0 Å². The first-order valence-corrected chi connectivity index (χ1v) is 27.4. The van der Waals surface area contributed by atoms with Crippen LogP contribution in [-0.2, 0) is 23.8 Å². The highest BCUT2D eigenvalue weighted by Gasteiger charge is 2.17. The number of esters is 2. The molecule has 0 heterocycles. The molecule has 0 aromatic heterocycles. The zero-order valence-corrected chi connectivity index (χ0v) is 43.8. The van der Waals surface area contributed by atoms with Gasteiger partial charge in [-0.25, -0.2) is 0 Å². The van der Waals surface area contributed by atoms with Gasteiger partial charge in [0.05, 0.1) is 6.61 Å². The van der Waals surface area contributed by atoms with Crippen LogP contribution in [0.3, 0.4) is 0 Å². The van der Waals surface area contributed by atoms with Crippen LogP contribution in [0.4, 0.5) is 0 Å². The van der Waals surface area contributed by atoms with E-state index in [4.69, 9.17) is 14.2 Å². The Balaban J connectivity index is 4.48. The Bertz CT molecular complexity index is 1480. The molecule has 0 aliphatic heterocycles. The van der Waals surface area contributed by atoms with Crippen LogP contribution in [0.2, 0.25) is 0 Å². The fourth-order valence-electron chi connectivity index (χ4n) is 6.83. The van der Waals surface area contributed by atoms with Gasteiger partial charge in [0.1, 0.15) is 6.61 Å². The fraction of sp³-hybridized carbons (Fsp3) is 0.587. The van der Waals surface area contributed by atoms with Crippen LogP contribution in [0.5, 0.6) is 0 Å². The summed E-state index contributed by atoms with van der Waals surface area (Å²) in [5.74, 6) is -0.486. The highest BCUT2D eigenvalue weighted by atomic mass is 16.6. The molecular formula is C63H100O5. The maximum absolute atomic E-state index is 12.8. The lowest BCUT2D eigenvalue weighted by atomic mass is 10.1. The lowest BCUT2D eigenvalue weighted by molar-refractivity contribution is -0.163. The SMILES string of the molecule is CC/C=C\C/C=C\C/C=C\C/C=C\C/C=C\CCCCCC(=O)OCC(COCCCC/C=C\C/C=C\C/C=C\C/C=C\C/C=C\CC)OC(=O)CCCCCCC/C=C\C/C=C\CCCCC. The van der Waals surface area contributed by atoms with Gasteiger partial charge in [0.25, 0.3) is 0 Å². The number of allylic oxidation sites excluding steroid dienone is 24. The number of hydrogen-bond donors (Lipinski definition) is 0. The third kappa shape index (κ3) is 54.4. The molecule has 0 radical (unpaired) electrons. The molecular weight excluding hydrogens is 837 g/mol. The summed E-state index contributed by atoms with van der Waals surface area (Å²) in [5, 5.41) is 0. The van der Waals surface area contributed by atoms with Crippen molar-refractivity contribution in [2.45, 2.75) is 219 Å². The van der Waals surface area contributed by atoms with Gasteiger partial charge >= 0.3 is 11.9 Å². The van der Waals surface area contributed by atoms with E-state index in [-0.39, 0.29) is 25.2 Å². The van der Waals surface area contributed by atoms with Gasteiger partial charge < -0.3 is 14.2 Å². The first-order valence-electron chi connectivity index (χ1n) is 27.4. The number of ether oxygens (including phenoxy) is 3. The summed E-state index contributed by atoms with van der Waals surface area (Å²) in [5.41, 5.74) is 0. The van der Waals surface area contributed by atoms with Crippen molar-refractivity contribution >= 4 is 11.9 Å². The average Bonchev–Trinajstić information content (AvgIpc) is 3.34. The largest absolute Gasteiger partial charge is 0.462 e. The molecule has 0 spiro atoms. The molecule has 5 heteroatoms. The van der Waals surface area contributed by atoms with Crippen LogP contribution in [-0.4, -0.2) is 37.9 Å². The van der Waals surface area contributed by atoms with Crippen LogP contribution < -0.4 is 0 Å². The van der Waals surface area contributed by atoms with Gasteiger partial charge in [0.2, 0.25) is 0 Å². The molecule has 0 rings (SSSR count). The van der Waals surface area contributed by atoms with Crippen molar-refractivity contribution in [3.05, 3.63) is 146 Å². The van der Waals surface area contributed by atoms with E-state index in [0.29, 0.717) is 19.4 Å². The third-order valence-corrected chi connectivity index (χ3v) is 10.8. The number of unbranched alkanes of at least 4 members (excludes halogenated alkanes) is 13. The lowest BCUT2D eigenvalue weighted by Gasteiger charge is -2.18. The molecule has 0 aliphatic carbocycles. The lowest BCUT2D eigenvalue weighted by Crippen LogP contribution is -2.30. The Morgan fingerprint density at radius 1 is 0.338 bits per heavy atom. The molecule has 1 atom stereocenters. The second-order valence-electron chi connectivity index (χ2n) is 17.4.